The molecular weight excluding hydrogens is 214 g/mol. The molecule has 1 aromatic carbocycles. The maximum atomic E-state index is 11.8. The molecule has 0 heterocycles. The van der Waals surface area contributed by atoms with Gasteiger partial charge < -0.3 is 5.32 Å². The maximum absolute atomic E-state index is 11.8. The lowest BCUT2D eigenvalue weighted by atomic mass is 9.97. The van der Waals surface area contributed by atoms with Crippen LogP contribution in [0.25, 0.3) is 0 Å². The van der Waals surface area contributed by atoms with Crippen molar-refractivity contribution in [2.75, 3.05) is 0 Å². The van der Waals surface area contributed by atoms with Gasteiger partial charge in [-0.05, 0) is 26.3 Å². The Bertz CT molecular complexity index is 396. The molecular formula is C14H19NO2. The highest BCUT2D eigenvalue weighted by molar-refractivity contribution is 5.81. The van der Waals surface area contributed by atoms with Crippen molar-refractivity contribution in [3.8, 4) is 0 Å². The molecule has 0 aliphatic carbocycles. The normalized spacial score (nSPS) is 11.0. The Morgan fingerprint density at radius 3 is 2.29 bits per heavy atom. The summed E-state index contributed by atoms with van der Waals surface area (Å²) in [5.74, 6) is 0.0254. The molecule has 3 heteroatoms. The van der Waals surface area contributed by atoms with Crippen LogP contribution in [0.4, 0.5) is 0 Å². The number of carbonyl (C=O) groups is 2. The highest BCUT2D eigenvalue weighted by Gasteiger charge is 2.22. The van der Waals surface area contributed by atoms with Crippen LogP contribution in [0.15, 0.2) is 30.3 Å². The summed E-state index contributed by atoms with van der Waals surface area (Å²) in [6, 6.07) is 9.56. The number of Topliss-reactive ketones (excluding diaryl/α,β-unsaturated/α-hetero) is 1. The molecule has 0 fully saturated rings. The summed E-state index contributed by atoms with van der Waals surface area (Å²) >= 11 is 0. The van der Waals surface area contributed by atoms with E-state index in [0.717, 1.165) is 5.56 Å². The predicted molar refractivity (Wildman–Crippen MR) is 67.7 cm³/mol. The van der Waals surface area contributed by atoms with E-state index in [9.17, 15) is 9.59 Å². The third kappa shape index (κ3) is 5.29. The van der Waals surface area contributed by atoms with Crippen molar-refractivity contribution in [3.05, 3.63) is 35.9 Å². The summed E-state index contributed by atoms with van der Waals surface area (Å²) < 4.78 is 0. The van der Waals surface area contributed by atoms with E-state index in [1.165, 1.54) is 6.92 Å². The molecule has 17 heavy (non-hydrogen) atoms. The molecule has 0 radical (unpaired) electrons. The number of ketones is 1. The van der Waals surface area contributed by atoms with Crippen molar-refractivity contribution >= 4 is 11.7 Å². The first-order chi connectivity index (χ1) is 7.89. The Kier molecular flexibility index (Phi) is 4.44. The number of hydrogen-bond donors (Lipinski definition) is 1. The molecule has 0 saturated carbocycles. The first kappa shape index (κ1) is 13.4. The fourth-order valence-corrected chi connectivity index (χ4v) is 1.87. The second-order valence-corrected chi connectivity index (χ2v) is 4.97. The van der Waals surface area contributed by atoms with Crippen molar-refractivity contribution in [1.82, 2.24) is 5.32 Å². The minimum atomic E-state index is -0.475. The van der Waals surface area contributed by atoms with Gasteiger partial charge in [-0.1, -0.05) is 30.3 Å². The third-order valence-corrected chi connectivity index (χ3v) is 2.38. The van der Waals surface area contributed by atoms with Crippen LogP contribution in [0.1, 0.15) is 32.8 Å². The van der Waals surface area contributed by atoms with Crippen molar-refractivity contribution < 1.29 is 9.59 Å². The largest absolute Gasteiger partial charge is 0.350 e. The van der Waals surface area contributed by atoms with Crippen LogP contribution >= 0.6 is 0 Å². The van der Waals surface area contributed by atoms with Gasteiger partial charge in [-0.15, -0.1) is 0 Å². The number of rotatable bonds is 5. The van der Waals surface area contributed by atoms with E-state index in [-0.39, 0.29) is 11.7 Å². The van der Waals surface area contributed by atoms with Crippen LogP contribution < -0.4 is 5.32 Å². The molecule has 0 aliphatic rings. The number of nitrogens with one attached hydrogen (secondary N) is 1. The maximum Gasteiger partial charge on any atom is 0.224 e. The van der Waals surface area contributed by atoms with Crippen LogP contribution in [0.5, 0.6) is 0 Å². The zero-order valence-corrected chi connectivity index (χ0v) is 10.6. The third-order valence-electron chi connectivity index (χ3n) is 2.38. The Morgan fingerprint density at radius 1 is 1.18 bits per heavy atom. The summed E-state index contributed by atoms with van der Waals surface area (Å²) in [6.07, 6.45) is 0.704. The van der Waals surface area contributed by atoms with Crippen LogP contribution in [0.3, 0.4) is 0 Å². The molecule has 0 aromatic heterocycles. The standard InChI is InChI=1S/C14H19NO2/c1-11(16)10-14(2,3)15-13(17)9-12-7-5-4-6-8-12/h4-8H,9-10H2,1-3H3,(H,15,17). The average molecular weight is 233 g/mol. The summed E-state index contributed by atoms with van der Waals surface area (Å²) in [5, 5.41) is 2.88. The Hall–Kier alpha value is -1.64. The van der Waals surface area contributed by atoms with Crippen molar-refractivity contribution in [3.63, 3.8) is 0 Å². The van der Waals surface area contributed by atoms with Crippen LogP contribution in [-0.4, -0.2) is 17.2 Å². The van der Waals surface area contributed by atoms with Crippen LogP contribution in [0.2, 0.25) is 0 Å². The molecule has 1 aromatic rings. The molecule has 0 atom stereocenters. The smallest absolute Gasteiger partial charge is 0.224 e. The Labute approximate surface area is 102 Å². The van der Waals surface area contributed by atoms with E-state index >= 15 is 0 Å². The molecule has 3 nitrogen and oxygen atoms in total. The van der Waals surface area contributed by atoms with Gasteiger partial charge in [0.2, 0.25) is 5.91 Å². The Morgan fingerprint density at radius 2 is 1.76 bits per heavy atom. The summed E-state index contributed by atoms with van der Waals surface area (Å²) in [5.41, 5.74) is 0.501. The van der Waals surface area contributed by atoms with Gasteiger partial charge in [0.15, 0.2) is 0 Å². The number of hydrogen-bond acceptors (Lipinski definition) is 2. The van der Waals surface area contributed by atoms with Gasteiger partial charge in [-0.25, -0.2) is 0 Å². The number of carbonyl (C=O) groups excluding carboxylic acids is 2. The molecule has 0 spiro atoms. The highest BCUT2D eigenvalue weighted by atomic mass is 16.2. The quantitative estimate of drug-likeness (QED) is 0.846. The van der Waals surface area contributed by atoms with Crippen LogP contribution in [0, 0.1) is 0 Å². The van der Waals surface area contributed by atoms with E-state index in [0.29, 0.717) is 12.8 Å². The van der Waals surface area contributed by atoms with Gasteiger partial charge in [0.25, 0.3) is 0 Å². The van der Waals surface area contributed by atoms with Crippen LogP contribution in [-0.2, 0) is 16.0 Å². The Balaban J connectivity index is 2.52. The molecule has 0 aliphatic heterocycles. The second kappa shape index (κ2) is 5.62. The van der Waals surface area contributed by atoms with E-state index in [2.05, 4.69) is 5.32 Å². The van der Waals surface area contributed by atoms with Gasteiger partial charge in [0, 0.05) is 12.0 Å². The topological polar surface area (TPSA) is 46.2 Å². The van der Waals surface area contributed by atoms with E-state index in [1.807, 2.05) is 44.2 Å². The average Bonchev–Trinajstić information content (AvgIpc) is 2.15. The summed E-state index contributed by atoms with van der Waals surface area (Å²) in [6.45, 7) is 5.25. The molecule has 92 valence electrons. The van der Waals surface area contributed by atoms with Gasteiger partial charge in [0.05, 0.1) is 6.42 Å². The number of benzene rings is 1. The van der Waals surface area contributed by atoms with Gasteiger partial charge in [-0.2, -0.15) is 0 Å². The molecule has 1 amide bonds. The van der Waals surface area contributed by atoms with Gasteiger partial charge >= 0.3 is 0 Å². The lowest BCUT2D eigenvalue weighted by molar-refractivity contribution is -0.123. The minimum Gasteiger partial charge on any atom is -0.350 e. The highest BCUT2D eigenvalue weighted by Crippen LogP contribution is 2.09. The lowest BCUT2D eigenvalue weighted by Crippen LogP contribution is -2.45. The SMILES string of the molecule is CC(=O)CC(C)(C)NC(=O)Cc1ccccc1. The number of amides is 1. The van der Waals surface area contributed by atoms with Gasteiger partial charge in [-0.3, -0.25) is 9.59 Å². The van der Waals surface area contributed by atoms with Gasteiger partial charge in [0.1, 0.15) is 5.78 Å². The molecule has 1 N–H and O–H groups in total. The molecule has 0 saturated heterocycles. The first-order valence-corrected chi connectivity index (χ1v) is 5.73. The second-order valence-electron chi connectivity index (χ2n) is 4.97. The van der Waals surface area contributed by atoms with Crippen molar-refractivity contribution in [1.29, 1.82) is 0 Å². The predicted octanol–water partition coefficient (Wildman–Crippen LogP) is 2.10. The monoisotopic (exact) mass is 233 g/mol. The van der Waals surface area contributed by atoms with Crippen molar-refractivity contribution in [2.24, 2.45) is 0 Å². The zero-order valence-electron chi connectivity index (χ0n) is 10.6. The van der Waals surface area contributed by atoms with E-state index in [1.54, 1.807) is 0 Å². The van der Waals surface area contributed by atoms with E-state index in [4.69, 9.17) is 0 Å². The molecule has 0 bridgehead atoms. The van der Waals surface area contributed by atoms with Crippen molar-refractivity contribution in [2.45, 2.75) is 39.2 Å². The lowest BCUT2D eigenvalue weighted by Gasteiger charge is -2.25. The minimum absolute atomic E-state index is 0.0533. The fraction of sp³-hybridized carbons (Fsp3) is 0.429. The summed E-state index contributed by atoms with van der Waals surface area (Å²) in [4.78, 5) is 22.8. The zero-order chi connectivity index (χ0) is 12.9. The first-order valence-electron chi connectivity index (χ1n) is 5.73. The summed E-state index contributed by atoms with van der Waals surface area (Å²) in [7, 11) is 0. The fourth-order valence-electron chi connectivity index (χ4n) is 1.87. The molecule has 0 unspecified atom stereocenters. The van der Waals surface area contributed by atoms with E-state index < -0.39 is 5.54 Å². The molecule has 1 rings (SSSR count).